The molecule has 0 spiro atoms. The predicted molar refractivity (Wildman–Crippen MR) is 77.0 cm³/mol. The molecule has 0 saturated heterocycles. The van der Waals surface area contributed by atoms with Gasteiger partial charge in [0.15, 0.2) is 0 Å². The number of methoxy groups -OCH3 is 2. The van der Waals surface area contributed by atoms with Crippen LogP contribution in [0.5, 0.6) is 0 Å². The molecule has 2 aromatic carbocycles. The number of fused-ring (bicyclic) bond motifs is 2. The number of benzene rings is 2. The van der Waals surface area contributed by atoms with Crippen molar-refractivity contribution in [3.63, 3.8) is 0 Å². The van der Waals surface area contributed by atoms with Crippen LogP contribution in [0.25, 0.3) is 0 Å². The Balaban J connectivity index is 2.39. The van der Waals surface area contributed by atoms with Crippen LogP contribution in [0.2, 0.25) is 0 Å². The Hall–Kier alpha value is -1.63. The second-order valence-corrected chi connectivity index (χ2v) is 6.25. The minimum absolute atomic E-state index is 0.0553. The average Bonchev–Trinajstić information content (AvgIpc) is 2.61. The smallest absolute Gasteiger partial charge is 0.140 e. The van der Waals surface area contributed by atoms with Crippen molar-refractivity contribution in [3.8, 4) is 0 Å². The van der Waals surface area contributed by atoms with E-state index < -0.39 is 34.6 Å². The van der Waals surface area contributed by atoms with Crippen molar-refractivity contribution in [2.24, 2.45) is 0 Å². The first-order chi connectivity index (χ1) is 10.6. The molecular formula is C16H14F2O3S. The summed E-state index contributed by atoms with van der Waals surface area (Å²) < 4.78 is 52.2. The van der Waals surface area contributed by atoms with Crippen molar-refractivity contribution in [3.05, 3.63) is 59.2 Å². The third-order valence-electron chi connectivity index (χ3n) is 3.76. The van der Waals surface area contributed by atoms with Gasteiger partial charge in [-0.05, 0) is 12.1 Å². The van der Waals surface area contributed by atoms with E-state index in [9.17, 15) is 13.0 Å². The van der Waals surface area contributed by atoms with E-state index in [1.165, 1.54) is 38.5 Å². The molecule has 0 aliphatic carbocycles. The summed E-state index contributed by atoms with van der Waals surface area (Å²) in [4.78, 5) is -0.111. The van der Waals surface area contributed by atoms with Crippen LogP contribution in [-0.2, 0) is 20.3 Å². The van der Waals surface area contributed by atoms with Crippen molar-refractivity contribution >= 4 is 10.8 Å². The molecule has 3 rings (SSSR count). The third-order valence-corrected chi connectivity index (χ3v) is 5.36. The summed E-state index contributed by atoms with van der Waals surface area (Å²) >= 11 is 0. The topological polar surface area (TPSA) is 35.5 Å². The quantitative estimate of drug-likeness (QED) is 0.848. The largest absolute Gasteiger partial charge is 0.374 e. The van der Waals surface area contributed by atoms with Gasteiger partial charge in [0.1, 0.15) is 23.8 Å². The summed E-state index contributed by atoms with van der Waals surface area (Å²) in [5, 5.41) is 0. The molecule has 0 N–H and O–H groups in total. The van der Waals surface area contributed by atoms with Crippen molar-refractivity contribution in [1.82, 2.24) is 0 Å². The third kappa shape index (κ3) is 2.18. The fourth-order valence-electron chi connectivity index (χ4n) is 2.82. The van der Waals surface area contributed by atoms with E-state index in [1.54, 1.807) is 12.1 Å². The molecule has 2 aromatic rings. The molecule has 1 aliphatic heterocycles. The van der Waals surface area contributed by atoms with Crippen LogP contribution in [-0.4, -0.2) is 18.4 Å². The lowest BCUT2D eigenvalue weighted by Gasteiger charge is -2.25. The van der Waals surface area contributed by atoms with Gasteiger partial charge < -0.3 is 9.47 Å². The van der Waals surface area contributed by atoms with E-state index in [0.717, 1.165) is 0 Å². The number of rotatable bonds is 2. The first kappa shape index (κ1) is 15.3. The molecule has 1 aliphatic rings. The van der Waals surface area contributed by atoms with E-state index in [-0.39, 0.29) is 9.79 Å². The first-order valence-corrected chi connectivity index (χ1v) is 7.79. The summed E-state index contributed by atoms with van der Waals surface area (Å²) in [6.45, 7) is 0. The van der Waals surface area contributed by atoms with Crippen molar-refractivity contribution in [1.29, 1.82) is 0 Å². The second-order valence-electron chi connectivity index (χ2n) is 4.90. The maximum absolute atomic E-state index is 14.3. The summed E-state index contributed by atoms with van der Waals surface area (Å²) in [7, 11) is 0.929. The average molecular weight is 324 g/mol. The second kappa shape index (κ2) is 5.87. The molecule has 22 heavy (non-hydrogen) atoms. The van der Waals surface area contributed by atoms with Gasteiger partial charge in [0.2, 0.25) is 0 Å². The number of halogens is 2. The maximum Gasteiger partial charge on any atom is 0.140 e. The minimum Gasteiger partial charge on any atom is -0.374 e. The maximum atomic E-state index is 14.3. The number of hydrogen-bond acceptors (Lipinski definition) is 3. The molecule has 116 valence electrons. The molecule has 1 heterocycles. The Bertz CT molecular complexity index is 687. The lowest BCUT2D eigenvalue weighted by atomic mass is 9.98. The highest BCUT2D eigenvalue weighted by Gasteiger charge is 2.37. The van der Waals surface area contributed by atoms with Crippen LogP contribution in [0.1, 0.15) is 23.3 Å². The lowest BCUT2D eigenvalue weighted by Crippen LogP contribution is -2.15. The van der Waals surface area contributed by atoms with E-state index in [1.807, 2.05) is 0 Å². The Kier molecular flexibility index (Phi) is 4.08. The van der Waals surface area contributed by atoms with Gasteiger partial charge in [-0.25, -0.2) is 13.0 Å². The Labute approximate surface area is 129 Å². The van der Waals surface area contributed by atoms with Gasteiger partial charge in [-0.2, -0.15) is 0 Å². The highest BCUT2D eigenvalue weighted by atomic mass is 32.2. The first-order valence-electron chi connectivity index (χ1n) is 6.64. The fourth-order valence-corrected chi connectivity index (χ4v) is 4.31. The molecule has 0 bridgehead atoms. The fraction of sp³-hybridized carbons (Fsp3) is 0.250. The summed E-state index contributed by atoms with van der Waals surface area (Å²) in [6, 6.07) is 8.68. The molecular weight excluding hydrogens is 310 g/mol. The zero-order valence-electron chi connectivity index (χ0n) is 12.0. The van der Waals surface area contributed by atoms with Gasteiger partial charge in [0, 0.05) is 25.3 Å². The van der Waals surface area contributed by atoms with E-state index in [4.69, 9.17) is 9.47 Å². The van der Waals surface area contributed by atoms with E-state index >= 15 is 0 Å². The zero-order chi connectivity index (χ0) is 15.9. The van der Waals surface area contributed by atoms with Gasteiger partial charge in [-0.1, -0.05) is 24.3 Å². The minimum atomic E-state index is -1.99. The standard InChI is InChI=1S/C16H14F2O3S/c1-20-13-9-5-3-7-11(17)15(9)22(19)16-10(14(13)21-2)6-4-8-12(16)18/h3-8,13-14H,1-2H3/t13-,14-/m1/s1. The molecule has 3 nitrogen and oxygen atoms in total. The van der Waals surface area contributed by atoms with Crippen LogP contribution in [0.15, 0.2) is 46.2 Å². The molecule has 0 amide bonds. The summed E-state index contributed by atoms with van der Waals surface area (Å²) in [5.41, 5.74) is 0.812. The molecule has 0 unspecified atom stereocenters. The SMILES string of the molecule is CO[C@@H]1c2cccc(F)c2S(=O)c2c(F)cccc2[C@H]1OC. The van der Waals surface area contributed by atoms with Crippen molar-refractivity contribution < 1.29 is 22.5 Å². The Morgan fingerprint density at radius 3 is 1.64 bits per heavy atom. The van der Waals surface area contributed by atoms with Gasteiger partial charge in [0.05, 0.1) is 20.6 Å². The lowest BCUT2D eigenvalue weighted by molar-refractivity contribution is -0.0420. The summed E-state index contributed by atoms with van der Waals surface area (Å²) in [6.07, 6.45) is -1.36. The normalized spacial score (nSPS) is 21.1. The molecule has 2 atom stereocenters. The van der Waals surface area contributed by atoms with Crippen LogP contribution in [0.3, 0.4) is 0 Å². The molecule has 0 radical (unpaired) electrons. The van der Waals surface area contributed by atoms with Gasteiger partial charge in [-0.3, -0.25) is 0 Å². The zero-order valence-corrected chi connectivity index (χ0v) is 12.8. The number of hydrogen-bond donors (Lipinski definition) is 0. The van der Waals surface area contributed by atoms with E-state index in [2.05, 4.69) is 0 Å². The Morgan fingerprint density at radius 2 is 1.27 bits per heavy atom. The van der Waals surface area contributed by atoms with Gasteiger partial charge >= 0.3 is 0 Å². The predicted octanol–water partition coefficient (Wildman–Crippen LogP) is 3.52. The monoisotopic (exact) mass is 324 g/mol. The van der Waals surface area contributed by atoms with Crippen LogP contribution < -0.4 is 0 Å². The molecule has 6 heteroatoms. The molecule has 0 saturated carbocycles. The van der Waals surface area contributed by atoms with Gasteiger partial charge in [0.25, 0.3) is 0 Å². The van der Waals surface area contributed by atoms with Crippen LogP contribution >= 0.6 is 0 Å². The Morgan fingerprint density at radius 1 is 0.864 bits per heavy atom. The van der Waals surface area contributed by atoms with Crippen molar-refractivity contribution in [2.45, 2.75) is 22.0 Å². The van der Waals surface area contributed by atoms with E-state index in [0.29, 0.717) is 11.1 Å². The van der Waals surface area contributed by atoms with Crippen LogP contribution in [0.4, 0.5) is 8.78 Å². The van der Waals surface area contributed by atoms with Crippen molar-refractivity contribution in [2.75, 3.05) is 14.2 Å². The molecule has 0 aromatic heterocycles. The molecule has 0 fully saturated rings. The van der Waals surface area contributed by atoms with Crippen LogP contribution in [0, 0.1) is 11.6 Å². The summed E-state index contributed by atoms with van der Waals surface area (Å²) in [5.74, 6) is -1.30. The van der Waals surface area contributed by atoms with Gasteiger partial charge in [-0.15, -0.1) is 0 Å². The highest BCUT2D eigenvalue weighted by Crippen LogP contribution is 2.44. The highest BCUT2D eigenvalue weighted by molar-refractivity contribution is 7.85. The number of ether oxygens (including phenoxy) is 2.